The molecule has 2 aliphatic heterocycles. The fourth-order valence-corrected chi connectivity index (χ4v) is 4.43. The Balaban J connectivity index is 1.58. The van der Waals surface area contributed by atoms with Crippen molar-refractivity contribution in [3.8, 4) is 0 Å². The number of benzene rings is 2. The van der Waals surface area contributed by atoms with Crippen LogP contribution >= 0.6 is 11.6 Å². The first-order valence-corrected chi connectivity index (χ1v) is 9.98. The van der Waals surface area contributed by atoms with Crippen molar-refractivity contribution in [2.45, 2.75) is 38.4 Å². The second-order valence-electron chi connectivity index (χ2n) is 7.70. The average molecular weight is 412 g/mol. The third-order valence-electron chi connectivity index (χ3n) is 5.77. The van der Waals surface area contributed by atoms with Crippen LogP contribution in [0.1, 0.15) is 48.7 Å². The SMILES string of the molecule is CC(NC(=O)CN1C(=O)c2ccccc2N2C(=O)CCC12C)c1cccc(Cl)c1. The van der Waals surface area contributed by atoms with Crippen molar-refractivity contribution in [1.82, 2.24) is 10.2 Å². The minimum atomic E-state index is -0.848. The highest BCUT2D eigenvalue weighted by Gasteiger charge is 2.53. The van der Waals surface area contributed by atoms with Crippen LogP contribution in [0.2, 0.25) is 5.02 Å². The number of fused-ring (bicyclic) bond motifs is 3. The minimum absolute atomic E-state index is 0.0369. The molecule has 1 fully saturated rings. The molecule has 6 nitrogen and oxygen atoms in total. The molecule has 7 heteroatoms. The molecule has 0 aliphatic carbocycles. The van der Waals surface area contributed by atoms with Gasteiger partial charge in [-0.3, -0.25) is 19.3 Å². The molecule has 2 aliphatic rings. The van der Waals surface area contributed by atoms with E-state index in [9.17, 15) is 14.4 Å². The molecule has 0 spiro atoms. The average Bonchev–Trinajstić information content (AvgIpc) is 3.01. The molecule has 29 heavy (non-hydrogen) atoms. The van der Waals surface area contributed by atoms with Crippen LogP contribution < -0.4 is 10.2 Å². The van der Waals surface area contributed by atoms with Gasteiger partial charge in [0.05, 0.1) is 17.3 Å². The Morgan fingerprint density at radius 1 is 1.21 bits per heavy atom. The van der Waals surface area contributed by atoms with Crippen molar-refractivity contribution in [2.75, 3.05) is 11.4 Å². The van der Waals surface area contributed by atoms with Crippen LogP contribution in [0.4, 0.5) is 5.69 Å². The third kappa shape index (κ3) is 3.27. The number of amides is 3. The number of nitrogens with one attached hydrogen (secondary N) is 1. The van der Waals surface area contributed by atoms with Gasteiger partial charge in [0.15, 0.2) is 0 Å². The summed E-state index contributed by atoms with van der Waals surface area (Å²) >= 11 is 6.04. The Bertz CT molecular complexity index is 1010. The maximum atomic E-state index is 13.2. The van der Waals surface area contributed by atoms with Gasteiger partial charge in [-0.2, -0.15) is 0 Å². The number of carbonyl (C=O) groups is 3. The van der Waals surface area contributed by atoms with E-state index in [0.29, 0.717) is 29.1 Å². The fourth-order valence-electron chi connectivity index (χ4n) is 4.23. The number of rotatable bonds is 4. The lowest BCUT2D eigenvalue weighted by atomic mass is 9.98. The van der Waals surface area contributed by atoms with Crippen LogP contribution in [0.5, 0.6) is 0 Å². The monoisotopic (exact) mass is 411 g/mol. The number of carbonyl (C=O) groups excluding carboxylic acids is 3. The summed E-state index contributed by atoms with van der Waals surface area (Å²) in [6.07, 6.45) is 0.832. The molecule has 2 unspecified atom stereocenters. The van der Waals surface area contributed by atoms with E-state index in [1.54, 1.807) is 35.2 Å². The molecule has 1 saturated heterocycles. The standard InChI is InChI=1S/C22H22ClN3O3/c1-14(15-6-5-7-16(23)12-15)24-19(27)13-25-21(29)17-8-3-4-9-18(17)26-20(28)10-11-22(25,26)2/h3-9,12,14H,10-11,13H2,1-2H3,(H,24,27). The Kier molecular flexibility index (Phi) is 4.82. The highest BCUT2D eigenvalue weighted by atomic mass is 35.5. The third-order valence-corrected chi connectivity index (χ3v) is 6.01. The van der Waals surface area contributed by atoms with Crippen LogP contribution in [-0.4, -0.2) is 34.8 Å². The number of anilines is 1. The number of halogens is 1. The van der Waals surface area contributed by atoms with E-state index in [-0.39, 0.29) is 30.3 Å². The topological polar surface area (TPSA) is 69.7 Å². The second kappa shape index (κ2) is 7.19. The fraction of sp³-hybridized carbons (Fsp3) is 0.318. The van der Waals surface area contributed by atoms with E-state index in [0.717, 1.165) is 5.56 Å². The predicted octanol–water partition coefficient (Wildman–Crippen LogP) is 3.52. The van der Waals surface area contributed by atoms with E-state index in [4.69, 9.17) is 11.6 Å². The maximum absolute atomic E-state index is 13.2. The van der Waals surface area contributed by atoms with Gasteiger partial charge in [-0.05, 0) is 50.1 Å². The summed E-state index contributed by atoms with van der Waals surface area (Å²) in [4.78, 5) is 41.8. The lowest BCUT2D eigenvalue weighted by molar-refractivity contribution is -0.124. The second-order valence-corrected chi connectivity index (χ2v) is 8.14. The van der Waals surface area contributed by atoms with E-state index in [1.165, 1.54) is 4.90 Å². The molecular weight excluding hydrogens is 390 g/mol. The zero-order valence-electron chi connectivity index (χ0n) is 16.3. The van der Waals surface area contributed by atoms with E-state index >= 15 is 0 Å². The Hall–Kier alpha value is -2.86. The largest absolute Gasteiger partial charge is 0.348 e. The molecular formula is C22H22ClN3O3. The summed E-state index contributed by atoms with van der Waals surface area (Å²) in [5.41, 5.74) is 1.09. The van der Waals surface area contributed by atoms with Crippen molar-refractivity contribution in [1.29, 1.82) is 0 Å². The smallest absolute Gasteiger partial charge is 0.258 e. The minimum Gasteiger partial charge on any atom is -0.348 e. The van der Waals surface area contributed by atoms with Gasteiger partial charge in [-0.1, -0.05) is 35.9 Å². The summed E-state index contributed by atoms with van der Waals surface area (Å²) in [5.74, 6) is -0.560. The number of nitrogens with zero attached hydrogens (tertiary/aromatic N) is 2. The molecule has 0 radical (unpaired) electrons. The summed E-state index contributed by atoms with van der Waals surface area (Å²) in [6.45, 7) is 3.59. The molecule has 1 N–H and O–H groups in total. The Morgan fingerprint density at radius 2 is 1.97 bits per heavy atom. The van der Waals surface area contributed by atoms with Gasteiger partial charge in [0.25, 0.3) is 5.91 Å². The number of hydrogen-bond donors (Lipinski definition) is 1. The van der Waals surface area contributed by atoms with Gasteiger partial charge in [0.2, 0.25) is 11.8 Å². The molecule has 150 valence electrons. The molecule has 0 aromatic heterocycles. The Morgan fingerprint density at radius 3 is 2.72 bits per heavy atom. The summed E-state index contributed by atoms with van der Waals surface area (Å²) in [5, 5.41) is 3.52. The zero-order chi connectivity index (χ0) is 20.8. The van der Waals surface area contributed by atoms with Crippen LogP contribution in [0.3, 0.4) is 0 Å². The quantitative estimate of drug-likeness (QED) is 0.836. The Labute approximate surface area is 174 Å². The van der Waals surface area contributed by atoms with E-state index in [1.807, 2.05) is 32.0 Å². The number of hydrogen-bond acceptors (Lipinski definition) is 3. The van der Waals surface area contributed by atoms with Gasteiger partial charge >= 0.3 is 0 Å². The van der Waals surface area contributed by atoms with Gasteiger partial charge in [0.1, 0.15) is 12.2 Å². The first kappa shape index (κ1) is 19.5. The molecule has 0 saturated carbocycles. The lowest BCUT2D eigenvalue weighted by Crippen LogP contribution is -2.63. The number of para-hydroxylation sites is 1. The van der Waals surface area contributed by atoms with Crippen LogP contribution in [0.25, 0.3) is 0 Å². The van der Waals surface area contributed by atoms with Gasteiger partial charge in [-0.15, -0.1) is 0 Å². The predicted molar refractivity (Wildman–Crippen MR) is 111 cm³/mol. The molecule has 3 amide bonds. The normalized spacial score (nSPS) is 21.6. The van der Waals surface area contributed by atoms with E-state index in [2.05, 4.69) is 5.32 Å². The van der Waals surface area contributed by atoms with Crippen molar-refractivity contribution in [3.63, 3.8) is 0 Å². The molecule has 2 atom stereocenters. The first-order chi connectivity index (χ1) is 13.8. The molecule has 2 aromatic rings. The summed E-state index contributed by atoms with van der Waals surface area (Å²) in [7, 11) is 0. The molecule has 2 heterocycles. The van der Waals surface area contributed by atoms with Crippen LogP contribution in [0, 0.1) is 0 Å². The molecule has 0 bridgehead atoms. The molecule has 4 rings (SSSR count). The lowest BCUT2D eigenvalue weighted by Gasteiger charge is -2.48. The van der Waals surface area contributed by atoms with Crippen molar-refractivity contribution < 1.29 is 14.4 Å². The summed E-state index contributed by atoms with van der Waals surface area (Å²) in [6, 6.07) is 14.1. The van der Waals surface area contributed by atoms with Crippen molar-refractivity contribution in [3.05, 3.63) is 64.7 Å². The maximum Gasteiger partial charge on any atom is 0.258 e. The van der Waals surface area contributed by atoms with Crippen LogP contribution in [0.15, 0.2) is 48.5 Å². The van der Waals surface area contributed by atoms with Crippen molar-refractivity contribution in [2.24, 2.45) is 0 Å². The summed E-state index contributed by atoms with van der Waals surface area (Å²) < 4.78 is 0. The highest BCUT2D eigenvalue weighted by Crippen LogP contribution is 2.43. The van der Waals surface area contributed by atoms with E-state index < -0.39 is 5.66 Å². The van der Waals surface area contributed by atoms with Crippen LogP contribution in [-0.2, 0) is 9.59 Å². The first-order valence-electron chi connectivity index (χ1n) is 9.60. The zero-order valence-corrected chi connectivity index (χ0v) is 17.1. The van der Waals surface area contributed by atoms with Crippen molar-refractivity contribution >= 4 is 35.0 Å². The van der Waals surface area contributed by atoms with Gasteiger partial charge < -0.3 is 10.2 Å². The van der Waals surface area contributed by atoms with Gasteiger partial charge in [0, 0.05) is 11.4 Å². The van der Waals surface area contributed by atoms with Gasteiger partial charge in [-0.25, -0.2) is 0 Å². The molecule has 2 aromatic carbocycles. The highest BCUT2D eigenvalue weighted by molar-refractivity contribution is 6.30.